The van der Waals surface area contributed by atoms with Gasteiger partial charge in [-0.05, 0) is 31.5 Å². The predicted molar refractivity (Wildman–Crippen MR) is 69.1 cm³/mol. The summed E-state index contributed by atoms with van der Waals surface area (Å²) in [5.41, 5.74) is 2.19. The Morgan fingerprint density at radius 1 is 1.38 bits per heavy atom. The fraction of sp³-hybridized carbons (Fsp3) is 0.462. The molecule has 2 rings (SSSR count). The van der Waals surface area contributed by atoms with E-state index in [1.165, 1.54) is 11.3 Å². The Hall–Kier alpha value is -1.02. The van der Waals surface area contributed by atoms with Gasteiger partial charge in [-0.15, -0.1) is 0 Å². The molecule has 2 nitrogen and oxygen atoms in total. The molecule has 1 aromatic carbocycles. The van der Waals surface area contributed by atoms with Gasteiger partial charge >= 0.3 is 0 Å². The zero-order chi connectivity index (χ0) is 11.7. The molecule has 16 heavy (non-hydrogen) atoms. The summed E-state index contributed by atoms with van der Waals surface area (Å²) in [5, 5.41) is 0.754. The van der Waals surface area contributed by atoms with Crippen molar-refractivity contribution in [2.75, 3.05) is 0 Å². The minimum absolute atomic E-state index is 0.492. The lowest BCUT2D eigenvalue weighted by Crippen LogP contribution is -2.04. The molecule has 0 amide bonds. The average Bonchev–Trinajstić information content (AvgIpc) is 2.65. The van der Waals surface area contributed by atoms with Gasteiger partial charge in [0.05, 0.1) is 11.0 Å². The number of aromatic nitrogens is 2. The highest BCUT2D eigenvalue weighted by atomic mass is 35.5. The lowest BCUT2D eigenvalue weighted by Gasteiger charge is -2.10. The smallest absolute Gasteiger partial charge is 0.112 e. The molecule has 3 heteroatoms. The monoisotopic (exact) mass is 236 g/mol. The first-order chi connectivity index (χ1) is 7.67. The van der Waals surface area contributed by atoms with Gasteiger partial charge in [-0.3, -0.25) is 0 Å². The normalized spacial score (nSPS) is 13.2. The minimum atomic E-state index is 0.492. The van der Waals surface area contributed by atoms with Gasteiger partial charge in [0, 0.05) is 17.5 Å². The van der Waals surface area contributed by atoms with E-state index in [0.717, 1.165) is 23.5 Å². The number of hydrogen-bond acceptors (Lipinski definition) is 1. The van der Waals surface area contributed by atoms with E-state index in [1.54, 1.807) is 0 Å². The number of benzene rings is 1. The van der Waals surface area contributed by atoms with Gasteiger partial charge in [0.15, 0.2) is 0 Å². The number of halogens is 1. The van der Waals surface area contributed by atoms with Gasteiger partial charge in [0.1, 0.15) is 5.82 Å². The third kappa shape index (κ3) is 1.82. The van der Waals surface area contributed by atoms with Gasteiger partial charge in [0.2, 0.25) is 0 Å². The molecular weight excluding hydrogens is 220 g/mol. The van der Waals surface area contributed by atoms with Crippen LogP contribution < -0.4 is 0 Å². The molecule has 1 atom stereocenters. The summed E-state index contributed by atoms with van der Waals surface area (Å²) in [5.74, 6) is 1.66. The van der Waals surface area contributed by atoms with Crippen LogP contribution in [0.5, 0.6) is 0 Å². The minimum Gasteiger partial charge on any atom is -0.328 e. The SMILES string of the molecule is CCC(C)c1nc2cc(Cl)ccc2n1CC. The lowest BCUT2D eigenvalue weighted by molar-refractivity contribution is 0.617. The standard InChI is InChI=1S/C13H17ClN2/c1-4-9(3)13-15-11-8-10(14)6-7-12(11)16(13)5-2/h6-9H,4-5H2,1-3H3. The second-order valence-corrected chi connectivity index (χ2v) is 4.59. The summed E-state index contributed by atoms with van der Waals surface area (Å²) in [6, 6.07) is 5.92. The fourth-order valence-corrected chi connectivity index (χ4v) is 2.18. The Kier molecular flexibility index (Phi) is 3.20. The van der Waals surface area contributed by atoms with Crippen molar-refractivity contribution in [3.05, 3.63) is 29.0 Å². The topological polar surface area (TPSA) is 17.8 Å². The second-order valence-electron chi connectivity index (χ2n) is 4.16. The van der Waals surface area contributed by atoms with Crippen LogP contribution >= 0.6 is 11.6 Å². The van der Waals surface area contributed by atoms with Crippen molar-refractivity contribution in [1.29, 1.82) is 0 Å². The molecule has 2 aromatic rings. The van der Waals surface area contributed by atoms with Crippen molar-refractivity contribution in [2.45, 2.75) is 39.7 Å². The van der Waals surface area contributed by atoms with E-state index in [1.807, 2.05) is 12.1 Å². The molecule has 0 aliphatic rings. The van der Waals surface area contributed by atoms with E-state index in [4.69, 9.17) is 16.6 Å². The highest BCUT2D eigenvalue weighted by Crippen LogP contribution is 2.25. The van der Waals surface area contributed by atoms with Crippen LogP contribution in [-0.2, 0) is 6.54 Å². The number of nitrogens with zero attached hydrogens (tertiary/aromatic N) is 2. The van der Waals surface area contributed by atoms with Gasteiger partial charge in [0.25, 0.3) is 0 Å². The van der Waals surface area contributed by atoms with E-state index in [9.17, 15) is 0 Å². The molecule has 86 valence electrons. The lowest BCUT2D eigenvalue weighted by atomic mass is 10.1. The van der Waals surface area contributed by atoms with Crippen molar-refractivity contribution in [1.82, 2.24) is 9.55 Å². The maximum Gasteiger partial charge on any atom is 0.112 e. The quantitative estimate of drug-likeness (QED) is 0.780. The molecule has 0 aliphatic carbocycles. The van der Waals surface area contributed by atoms with Crippen LogP contribution in [0.2, 0.25) is 5.02 Å². The van der Waals surface area contributed by atoms with Crippen molar-refractivity contribution in [2.24, 2.45) is 0 Å². The molecule has 0 radical (unpaired) electrons. The first kappa shape index (κ1) is 11.5. The summed E-state index contributed by atoms with van der Waals surface area (Å²) in [4.78, 5) is 4.69. The van der Waals surface area contributed by atoms with Crippen molar-refractivity contribution in [3.8, 4) is 0 Å². The van der Waals surface area contributed by atoms with Crippen LogP contribution in [0, 0.1) is 0 Å². The number of aryl methyl sites for hydroxylation is 1. The Morgan fingerprint density at radius 2 is 2.12 bits per heavy atom. The maximum atomic E-state index is 5.99. The van der Waals surface area contributed by atoms with Crippen LogP contribution in [0.15, 0.2) is 18.2 Å². The van der Waals surface area contributed by atoms with Gasteiger partial charge in [-0.2, -0.15) is 0 Å². The van der Waals surface area contributed by atoms with Crippen molar-refractivity contribution < 1.29 is 0 Å². The van der Waals surface area contributed by atoms with Crippen LogP contribution in [0.1, 0.15) is 38.9 Å². The van der Waals surface area contributed by atoms with E-state index < -0.39 is 0 Å². The Bertz CT molecular complexity index is 502. The number of fused-ring (bicyclic) bond motifs is 1. The molecule has 0 saturated carbocycles. The van der Waals surface area contributed by atoms with Crippen molar-refractivity contribution >= 4 is 22.6 Å². The molecule has 0 saturated heterocycles. The second kappa shape index (κ2) is 4.46. The zero-order valence-electron chi connectivity index (χ0n) is 10.00. The highest BCUT2D eigenvalue weighted by molar-refractivity contribution is 6.31. The van der Waals surface area contributed by atoms with Crippen LogP contribution in [0.4, 0.5) is 0 Å². The Morgan fingerprint density at radius 3 is 2.75 bits per heavy atom. The third-order valence-electron chi connectivity index (χ3n) is 3.11. The maximum absolute atomic E-state index is 5.99. The summed E-state index contributed by atoms with van der Waals surface area (Å²) < 4.78 is 2.28. The fourth-order valence-electron chi connectivity index (χ4n) is 2.01. The summed E-state index contributed by atoms with van der Waals surface area (Å²) in [7, 11) is 0. The number of imidazole rings is 1. The molecule has 0 N–H and O–H groups in total. The van der Waals surface area contributed by atoms with E-state index in [0.29, 0.717) is 5.92 Å². The summed E-state index contributed by atoms with van der Waals surface area (Å²) >= 11 is 5.99. The molecule has 1 unspecified atom stereocenters. The molecule has 0 bridgehead atoms. The summed E-state index contributed by atoms with van der Waals surface area (Å²) in [6.45, 7) is 7.52. The summed E-state index contributed by atoms with van der Waals surface area (Å²) in [6.07, 6.45) is 1.11. The first-order valence-corrected chi connectivity index (χ1v) is 6.20. The van der Waals surface area contributed by atoms with E-state index in [-0.39, 0.29) is 0 Å². The van der Waals surface area contributed by atoms with Crippen LogP contribution in [0.25, 0.3) is 11.0 Å². The molecule has 1 heterocycles. The van der Waals surface area contributed by atoms with Gasteiger partial charge < -0.3 is 4.57 Å². The molecule has 0 aliphatic heterocycles. The zero-order valence-corrected chi connectivity index (χ0v) is 10.8. The van der Waals surface area contributed by atoms with E-state index in [2.05, 4.69) is 31.4 Å². The van der Waals surface area contributed by atoms with Crippen molar-refractivity contribution in [3.63, 3.8) is 0 Å². The molecular formula is C13H17ClN2. The van der Waals surface area contributed by atoms with E-state index >= 15 is 0 Å². The molecule has 1 aromatic heterocycles. The largest absolute Gasteiger partial charge is 0.328 e. The third-order valence-corrected chi connectivity index (χ3v) is 3.34. The van der Waals surface area contributed by atoms with Crippen LogP contribution in [0.3, 0.4) is 0 Å². The van der Waals surface area contributed by atoms with Gasteiger partial charge in [-0.25, -0.2) is 4.98 Å². The first-order valence-electron chi connectivity index (χ1n) is 5.83. The predicted octanol–water partition coefficient (Wildman–Crippen LogP) is 4.22. The number of rotatable bonds is 3. The Labute approximate surface area is 101 Å². The highest BCUT2D eigenvalue weighted by Gasteiger charge is 2.14. The van der Waals surface area contributed by atoms with Crippen LogP contribution in [-0.4, -0.2) is 9.55 Å². The number of hydrogen-bond donors (Lipinski definition) is 0. The Balaban J connectivity index is 2.65. The molecule has 0 spiro atoms. The average molecular weight is 237 g/mol. The van der Waals surface area contributed by atoms with Gasteiger partial charge in [-0.1, -0.05) is 25.4 Å². The molecule has 0 fully saturated rings.